The first-order chi connectivity index (χ1) is 6.84. The Labute approximate surface area is 84.9 Å². The molecule has 1 aromatic carbocycles. The molecule has 0 saturated carbocycles. The first-order valence-corrected chi connectivity index (χ1v) is 5.48. The van der Waals surface area contributed by atoms with Gasteiger partial charge in [0.1, 0.15) is 0 Å². The predicted molar refractivity (Wildman–Crippen MR) is 60.1 cm³/mol. The standard InChI is InChI=1S/C12H16N2/c1-9-8-14-7-3-5-10-4-2-6-11(13-9)12(10)14/h2,4,6,9,13H,3,5,7-8H2,1H3/t9-/m0/s1. The molecule has 14 heavy (non-hydrogen) atoms. The number of hydrogen-bond donors (Lipinski definition) is 1. The highest BCUT2D eigenvalue weighted by Crippen LogP contribution is 2.37. The van der Waals surface area contributed by atoms with Crippen LogP contribution in [0.1, 0.15) is 18.9 Å². The minimum Gasteiger partial charge on any atom is -0.379 e. The predicted octanol–water partition coefficient (Wildman–Crippen LogP) is 2.25. The van der Waals surface area contributed by atoms with E-state index in [9.17, 15) is 0 Å². The second-order valence-electron chi connectivity index (χ2n) is 4.41. The molecule has 2 heterocycles. The molecule has 2 aliphatic heterocycles. The highest BCUT2D eigenvalue weighted by Gasteiger charge is 2.25. The molecule has 1 N–H and O–H groups in total. The average molecular weight is 188 g/mol. The number of aryl methyl sites for hydroxylation is 1. The quantitative estimate of drug-likeness (QED) is 0.671. The third kappa shape index (κ3) is 1.10. The summed E-state index contributed by atoms with van der Waals surface area (Å²) < 4.78 is 0. The molecular weight excluding hydrogens is 172 g/mol. The van der Waals surface area contributed by atoms with Gasteiger partial charge in [-0.05, 0) is 31.4 Å². The van der Waals surface area contributed by atoms with Crippen molar-refractivity contribution in [2.45, 2.75) is 25.8 Å². The van der Waals surface area contributed by atoms with Crippen LogP contribution in [-0.2, 0) is 6.42 Å². The monoisotopic (exact) mass is 188 g/mol. The highest BCUT2D eigenvalue weighted by atomic mass is 15.2. The highest BCUT2D eigenvalue weighted by molar-refractivity contribution is 5.76. The summed E-state index contributed by atoms with van der Waals surface area (Å²) in [6, 6.07) is 7.22. The molecule has 1 aromatic rings. The third-order valence-electron chi connectivity index (χ3n) is 3.21. The Morgan fingerprint density at radius 1 is 1.43 bits per heavy atom. The van der Waals surface area contributed by atoms with E-state index in [0.29, 0.717) is 6.04 Å². The Kier molecular flexibility index (Phi) is 1.69. The van der Waals surface area contributed by atoms with Crippen LogP contribution in [-0.4, -0.2) is 19.1 Å². The molecule has 0 aliphatic carbocycles. The van der Waals surface area contributed by atoms with Gasteiger partial charge in [0.05, 0.1) is 11.4 Å². The fraction of sp³-hybridized carbons (Fsp3) is 0.500. The van der Waals surface area contributed by atoms with E-state index in [2.05, 4.69) is 35.3 Å². The Morgan fingerprint density at radius 2 is 2.36 bits per heavy atom. The van der Waals surface area contributed by atoms with E-state index in [1.807, 2.05) is 0 Å². The van der Waals surface area contributed by atoms with Crippen LogP contribution >= 0.6 is 0 Å². The maximum absolute atomic E-state index is 3.56. The van der Waals surface area contributed by atoms with Crippen molar-refractivity contribution in [2.75, 3.05) is 23.3 Å². The number of nitrogens with one attached hydrogen (secondary N) is 1. The van der Waals surface area contributed by atoms with Crippen molar-refractivity contribution in [3.63, 3.8) is 0 Å². The smallest absolute Gasteiger partial charge is 0.0635 e. The Morgan fingerprint density at radius 3 is 3.29 bits per heavy atom. The summed E-state index contributed by atoms with van der Waals surface area (Å²) in [6.07, 6.45) is 2.55. The Hall–Kier alpha value is -1.18. The number of anilines is 2. The lowest BCUT2D eigenvalue weighted by molar-refractivity contribution is 0.636. The van der Waals surface area contributed by atoms with Crippen molar-refractivity contribution in [3.8, 4) is 0 Å². The number of rotatable bonds is 0. The van der Waals surface area contributed by atoms with Gasteiger partial charge in [-0.2, -0.15) is 0 Å². The van der Waals surface area contributed by atoms with Gasteiger partial charge in [0, 0.05) is 19.1 Å². The van der Waals surface area contributed by atoms with Crippen LogP contribution in [0.15, 0.2) is 18.2 Å². The van der Waals surface area contributed by atoms with Gasteiger partial charge < -0.3 is 10.2 Å². The molecule has 0 unspecified atom stereocenters. The molecule has 74 valence electrons. The molecule has 0 fully saturated rings. The van der Waals surface area contributed by atoms with Crippen LogP contribution in [0.4, 0.5) is 11.4 Å². The van der Waals surface area contributed by atoms with Crippen molar-refractivity contribution >= 4 is 11.4 Å². The fourth-order valence-corrected chi connectivity index (χ4v) is 2.68. The van der Waals surface area contributed by atoms with E-state index in [0.717, 1.165) is 6.54 Å². The fourth-order valence-electron chi connectivity index (χ4n) is 2.68. The van der Waals surface area contributed by atoms with Crippen molar-refractivity contribution in [1.29, 1.82) is 0 Å². The Balaban J connectivity index is 2.14. The SMILES string of the molecule is C[C@H]1CN2CCCc3cccc(c32)N1. The van der Waals surface area contributed by atoms with Crippen LogP contribution in [0.2, 0.25) is 0 Å². The van der Waals surface area contributed by atoms with Gasteiger partial charge in [0.25, 0.3) is 0 Å². The normalized spacial score (nSPS) is 24.1. The third-order valence-corrected chi connectivity index (χ3v) is 3.21. The van der Waals surface area contributed by atoms with E-state index in [4.69, 9.17) is 0 Å². The maximum atomic E-state index is 3.56. The second kappa shape index (κ2) is 2.91. The summed E-state index contributed by atoms with van der Waals surface area (Å²) in [7, 11) is 0. The largest absolute Gasteiger partial charge is 0.379 e. The van der Waals surface area contributed by atoms with Gasteiger partial charge in [-0.25, -0.2) is 0 Å². The molecule has 0 saturated heterocycles. The molecule has 2 aliphatic rings. The molecule has 0 amide bonds. The van der Waals surface area contributed by atoms with Gasteiger partial charge in [-0.3, -0.25) is 0 Å². The zero-order valence-electron chi connectivity index (χ0n) is 8.59. The number of benzene rings is 1. The number of nitrogens with zero attached hydrogens (tertiary/aromatic N) is 1. The molecular formula is C12H16N2. The van der Waals surface area contributed by atoms with Crippen LogP contribution in [0.3, 0.4) is 0 Å². The minimum atomic E-state index is 0.579. The molecule has 2 nitrogen and oxygen atoms in total. The van der Waals surface area contributed by atoms with Crippen LogP contribution in [0, 0.1) is 0 Å². The molecule has 0 bridgehead atoms. The molecule has 0 radical (unpaired) electrons. The van der Waals surface area contributed by atoms with Gasteiger partial charge in [0.2, 0.25) is 0 Å². The summed E-state index contributed by atoms with van der Waals surface area (Å²) in [5.41, 5.74) is 4.32. The van der Waals surface area contributed by atoms with Crippen LogP contribution in [0.5, 0.6) is 0 Å². The molecule has 0 aromatic heterocycles. The lowest BCUT2D eigenvalue weighted by Crippen LogP contribution is -2.42. The van der Waals surface area contributed by atoms with E-state index >= 15 is 0 Å². The van der Waals surface area contributed by atoms with Gasteiger partial charge in [-0.15, -0.1) is 0 Å². The van der Waals surface area contributed by atoms with Crippen LogP contribution < -0.4 is 10.2 Å². The van der Waals surface area contributed by atoms with Crippen molar-refractivity contribution in [2.24, 2.45) is 0 Å². The van der Waals surface area contributed by atoms with E-state index < -0.39 is 0 Å². The average Bonchev–Trinajstić information content (AvgIpc) is 2.18. The summed E-state index contributed by atoms with van der Waals surface area (Å²) in [5.74, 6) is 0. The summed E-state index contributed by atoms with van der Waals surface area (Å²) >= 11 is 0. The first kappa shape index (κ1) is 8.16. The van der Waals surface area contributed by atoms with Crippen molar-refractivity contribution in [3.05, 3.63) is 23.8 Å². The molecule has 3 rings (SSSR count). The van der Waals surface area contributed by atoms with E-state index in [1.165, 1.54) is 36.3 Å². The number of para-hydroxylation sites is 1. The van der Waals surface area contributed by atoms with Crippen LogP contribution in [0.25, 0.3) is 0 Å². The maximum Gasteiger partial charge on any atom is 0.0635 e. The lowest BCUT2D eigenvalue weighted by Gasteiger charge is -2.40. The molecule has 0 spiro atoms. The van der Waals surface area contributed by atoms with Crippen molar-refractivity contribution in [1.82, 2.24) is 0 Å². The number of hydrogen-bond acceptors (Lipinski definition) is 2. The summed E-state index contributed by atoms with van der Waals surface area (Å²) in [4.78, 5) is 2.54. The molecule has 2 heteroatoms. The van der Waals surface area contributed by atoms with Gasteiger partial charge >= 0.3 is 0 Å². The zero-order valence-corrected chi connectivity index (χ0v) is 8.59. The zero-order chi connectivity index (χ0) is 9.54. The summed E-state index contributed by atoms with van der Waals surface area (Å²) in [5, 5.41) is 3.56. The van der Waals surface area contributed by atoms with Crippen molar-refractivity contribution < 1.29 is 0 Å². The second-order valence-corrected chi connectivity index (χ2v) is 4.41. The van der Waals surface area contributed by atoms with E-state index in [1.54, 1.807) is 0 Å². The first-order valence-electron chi connectivity index (χ1n) is 5.48. The topological polar surface area (TPSA) is 15.3 Å². The Bertz CT molecular complexity index is 359. The molecule has 1 atom stereocenters. The minimum absolute atomic E-state index is 0.579. The summed E-state index contributed by atoms with van der Waals surface area (Å²) in [6.45, 7) is 4.64. The van der Waals surface area contributed by atoms with Gasteiger partial charge in [-0.1, -0.05) is 12.1 Å². The lowest BCUT2D eigenvalue weighted by atomic mass is 9.97. The van der Waals surface area contributed by atoms with Gasteiger partial charge in [0.15, 0.2) is 0 Å². The van der Waals surface area contributed by atoms with E-state index in [-0.39, 0.29) is 0 Å².